The number of ether oxygens (including phenoxy) is 1. The van der Waals surface area contributed by atoms with Crippen LogP contribution < -0.4 is 5.76 Å². The number of benzene rings is 2. The minimum absolute atomic E-state index is 0.338. The molecule has 5 heteroatoms. The summed E-state index contributed by atoms with van der Waals surface area (Å²) < 4.78 is 11.9. The van der Waals surface area contributed by atoms with Crippen molar-refractivity contribution in [3.8, 4) is 0 Å². The van der Waals surface area contributed by atoms with Crippen LogP contribution in [0.5, 0.6) is 0 Å². The smallest absolute Gasteiger partial charge is 0.420 e. The van der Waals surface area contributed by atoms with E-state index in [0.29, 0.717) is 24.3 Å². The van der Waals surface area contributed by atoms with Crippen molar-refractivity contribution in [2.45, 2.75) is 19.9 Å². The van der Waals surface area contributed by atoms with E-state index in [1.165, 1.54) is 0 Å². The fraction of sp³-hybridized carbons (Fsp3) is 0.222. The lowest BCUT2D eigenvalue weighted by atomic mass is 10.1. The second-order valence-corrected chi connectivity index (χ2v) is 5.26. The molecule has 118 valence electrons. The van der Waals surface area contributed by atoms with Crippen LogP contribution >= 0.6 is 0 Å². The maximum Gasteiger partial charge on any atom is 0.420 e. The van der Waals surface area contributed by atoms with Gasteiger partial charge in [0.2, 0.25) is 0 Å². The van der Waals surface area contributed by atoms with Gasteiger partial charge in [0.1, 0.15) is 0 Å². The third-order valence-corrected chi connectivity index (χ3v) is 3.51. The van der Waals surface area contributed by atoms with Crippen molar-refractivity contribution in [3.05, 3.63) is 70.2 Å². The van der Waals surface area contributed by atoms with Gasteiger partial charge in [0.25, 0.3) is 0 Å². The highest BCUT2D eigenvalue weighted by Crippen LogP contribution is 2.15. The van der Waals surface area contributed by atoms with Gasteiger partial charge in [0.05, 0.1) is 24.2 Å². The van der Waals surface area contributed by atoms with Gasteiger partial charge in [-0.05, 0) is 36.2 Å². The molecular formula is C18H17NO4. The summed E-state index contributed by atoms with van der Waals surface area (Å²) in [6.07, 6.45) is 0.780. The molecule has 0 atom stereocenters. The Morgan fingerprint density at radius 2 is 2.00 bits per heavy atom. The van der Waals surface area contributed by atoms with Crippen LogP contribution in [0.1, 0.15) is 29.3 Å². The van der Waals surface area contributed by atoms with Gasteiger partial charge in [0.15, 0.2) is 5.58 Å². The van der Waals surface area contributed by atoms with Crippen molar-refractivity contribution in [3.63, 3.8) is 0 Å². The van der Waals surface area contributed by atoms with Gasteiger partial charge >= 0.3 is 11.7 Å². The number of oxazole rings is 1. The molecule has 3 rings (SSSR count). The first-order valence-corrected chi connectivity index (χ1v) is 7.53. The molecule has 5 nitrogen and oxygen atoms in total. The lowest BCUT2D eigenvalue weighted by Crippen LogP contribution is -2.15. The number of fused-ring (bicyclic) bond motifs is 1. The maximum absolute atomic E-state index is 12.0. The van der Waals surface area contributed by atoms with Crippen LogP contribution in [0.4, 0.5) is 0 Å². The quantitative estimate of drug-likeness (QED) is 0.679. The standard InChI is InChI=1S/C18H17NO4/c1-2-10-22-17(20)14-7-5-6-13(11-14)12-19-15-8-3-4-9-16(15)23-18(19)21/h3-9,11H,2,10,12H2,1H3. The SMILES string of the molecule is CCCOC(=O)c1cccc(Cn2c(=O)oc3ccccc32)c1. The third kappa shape index (κ3) is 3.18. The first-order valence-electron chi connectivity index (χ1n) is 7.53. The van der Waals surface area contributed by atoms with E-state index in [9.17, 15) is 9.59 Å². The fourth-order valence-electron chi connectivity index (χ4n) is 2.42. The Labute approximate surface area is 133 Å². The number of hydrogen-bond acceptors (Lipinski definition) is 4. The molecule has 0 bridgehead atoms. The zero-order valence-electron chi connectivity index (χ0n) is 12.8. The number of rotatable bonds is 5. The molecule has 0 saturated carbocycles. The van der Waals surface area contributed by atoms with Gasteiger partial charge in [-0.3, -0.25) is 4.57 Å². The van der Waals surface area contributed by atoms with Gasteiger partial charge in [0, 0.05) is 0 Å². The predicted molar refractivity (Wildman–Crippen MR) is 86.6 cm³/mol. The Kier molecular flexibility index (Phi) is 4.28. The van der Waals surface area contributed by atoms with Crippen LogP contribution in [-0.4, -0.2) is 17.1 Å². The molecule has 0 N–H and O–H groups in total. The number of aromatic nitrogens is 1. The summed E-state index contributed by atoms with van der Waals surface area (Å²) in [5.41, 5.74) is 2.61. The minimum atomic E-state index is -0.412. The number of esters is 1. The molecule has 0 amide bonds. The summed E-state index contributed by atoms with van der Waals surface area (Å²) in [7, 11) is 0. The Balaban J connectivity index is 1.89. The van der Waals surface area contributed by atoms with Crippen LogP contribution in [0.3, 0.4) is 0 Å². The molecule has 0 saturated heterocycles. The molecule has 1 aromatic heterocycles. The molecule has 0 aliphatic carbocycles. The number of para-hydroxylation sites is 2. The highest BCUT2D eigenvalue weighted by Gasteiger charge is 2.11. The molecule has 0 aliphatic rings. The summed E-state index contributed by atoms with van der Waals surface area (Å²) in [4.78, 5) is 23.9. The molecular weight excluding hydrogens is 294 g/mol. The maximum atomic E-state index is 12.0. The van der Waals surface area contributed by atoms with Crippen molar-refractivity contribution in [1.29, 1.82) is 0 Å². The summed E-state index contributed by atoms with van der Waals surface area (Å²) in [6, 6.07) is 14.4. The molecule has 2 aromatic carbocycles. The van der Waals surface area contributed by atoms with Crippen LogP contribution in [-0.2, 0) is 11.3 Å². The second kappa shape index (κ2) is 6.52. The van der Waals surface area contributed by atoms with Crippen LogP contribution in [0.2, 0.25) is 0 Å². The van der Waals surface area contributed by atoms with Gasteiger partial charge in [-0.1, -0.05) is 31.2 Å². The molecule has 0 radical (unpaired) electrons. The fourth-order valence-corrected chi connectivity index (χ4v) is 2.42. The predicted octanol–water partition coefficient (Wildman–Crippen LogP) is 3.21. The van der Waals surface area contributed by atoms with Gasteiger partial charge in [-0.25, -0.2) is 9.59 Å². The van der Waals surface area contributed by atoms with Gasteiger partial charge in [-0.2, -0.15) is 0 Å². The Morgan fingerprint density at radius 3 is 2.83 bits per heavy atom. The van der Waals surface area contributed by atoms with Crippen molar-refractivity contribution in [2.75, 3.05) is 6.61 Å². The number of carbonyl (C=O) groups is 1. The normalized spacial score (nSPS) is 10.8. The number of nitrogens with zero attached hydrogens (tertiary/aromatic N) is 1. The van der Waals surface area contributed by atoms with Crippen molar-refractivity contribution in [2.24, 2.45) is 0 Å². The molecule has 0 spiro atoms. The Hall–Kier alpha value is -2.82. The van der Waals surface area contributed by atoms with E-state index in [-0.39, 0.29) is 5.97 Å². The molecule has 1 heterocycles. The summed E-state index contributed by atoms with van der Waals surface area (Å²) in [5.74, 6) is -0.761. The van der Waals surface area contributed by atoms with E-state index in [4.69, 9.17) is 9.15 Å². The average molecular weight is 311 g/mol. The molecule has 0 aliphatic heterocycles. The van der Waals surface area contributed by atoms with E-state index in [2.05, 4.69) is 0 Å². The highest BCUT2D eigenvalue weighted by atomic mass is 16.5. The van der Waals surface area contributed by atoms with Crippen LogP contribution in [0.15, 0.2) is 57.7 Å². The minimum Gasteiger partial charge on any atom is -0.462 e. The molecule has 0 unspecified atom stereocenters. The lowest BCUT2D eigenvalue weighted by Gasteiger charge is -2.06. The lowest BCUT2D eigenvalue weighted by molar-refractivity contribution is 0.0505. The third-order valence-electron chi connectivity index (χ3n) is 3.51. The molecule has 3 aromatic rings. The van der Waals surface area contributed by atoms with Gasteiger partial charge < -0.3 is 9.15 Å². The number of carbonyl (C=O) groups excluding carboxylic acids is 1. The van der Waals surface area contributed by atoms with Crippen molar-refractivity contribution >= 4 is 17.1 Å². The van der Waals surface area contributed by atoms with Crippen LogP contribution in [0, 0.1) is 0 Å². The summed E-state index contributed by atoms with van der Waals surface area (Å²) in [5, 5.41) is 0. The van der Waals surface area contributed by atoms with E-state index < -0.39 is 5.76 Å². The highest BCUT2D eigenvalue weighted by molar-refractivity contribution is 5.89. The van der Waals surface area contributed by atoms with E-state index in [1.54, 1.807) is 28.8 Å². The zero-order valence-corrected chi connectivity index (χ0v) is 12.8. The van der Waals surface area contributed by atoms with Crippen molar-refractivity contribution < 1.29 is 13.9 Å². The number of hydrogen-bond donors (Lipinski definition) is 0. The van der Waals surface area contributed by atoms with Gasteiger partial charge in [-0.15, -0.1) is 0 Å². The zero-order chi connectivity index (χ0) is 16.2. The van der Waals surface area contributed by atoms with E-state index >= 15 is 0 Å². The van der Waals surface area contributed by atoms with E-state index in [0.717, 1.165) is 17.5 Å². The average Bonchev–Trinajstić information content (AvgIpc) is 2.89. The summed E-state index contributed by atoms with van der Waals surface area (Å²) >= 11 is 0. The largest absolute Gasteiger partial charge is 0.462 e. The molecule has 23 heavy (non-hydrogen) atoms. The molecule has 0 fully saturated rings. The summed E-state index contributed by atoms with van der Waals surface area (Å²) in [6.45, 7) is 2.68. The Morgan fingerprint density at radius 1 is 1.17 bits per heavy atom. The van der Waals surface area contributed by atoms with Crippen LogP contribution in [0.25, 0.3) is 11.1 Å². The van der Waals surface area contributed by atoms with Crippen molar-refractivity contribution in [1.82, 2.24) is 4.57 Å². The topological polar surface area (TPSA) is 61.4 Å². The first kappa shape index (κ1) is 15.1. The monoisotopic (exact) mass is 311 g/mol. The van der Waals surface area contributed by atoms with E-state index in [1.807, 2.05) is 31.2 Å². The Bertz CT molecular complexity index is 891. The first-order chi connectivity index (χ1) is 11.2. The second-order valence-electron chi connectivity index (χ2n) is 5.26.